The number of benzene rings is 1. The van der Waals surface area contributed by atoms with E-state index in [4.69, 9.17) is 0 Å². The largest absolute Gasteiger partial charge is 0.334 e. The number of nitrogens with one attached hydrogen (secondary N) is 2. The van der Waals surface area contributed by atoms with Crippen LogP contribution in [0.15, 0.2) is 30.6 Å². The fourth-order valence-corrected chi connectivity index (χ4v) is 2.09. The van der Waals surface area contributed by atoms with E-state index >= 15 is 0 Å². The summed E-state index contributed by atoms with van der Waals surface area (Å²) in [5.41, 5.74) is 5.24. The summed E-state index contributed by atoms with van der Waals surface area (Å²) >= 11 is 0. The number of aromatic nitrogens is 4. The predicted octanol–water partition coefficient (Wildman–Crippen LogP) is 1.68. The summed E-state index contributed by atoms with van der Waals surface area (Å²) in [5, 5.41) is 10.4. The van der Waals surface area contributed by atoms with Gasteiger partial charge in [0.05, 0.1) is 23.1 Å². The van der Waals surface area contributed by atoms with Crippen LogP contribution in [0.25, 0.3) is 22.3 Å². The standard InChI is InChI=1S/C13H15N5/c1-14-7-10-6-11(17-16-10)9-3-4-13-12(5-9)15-8-18(13)2/h3-6,8,14H,7H2,1-2H3,(H,16,17). The van der Waals surface area contributed by atoms with Gasteiger partial charge < -0.3 is 9.88 Å². The zero-order chi connectivity index (χ0) is 12.5. The highest BCUT2D eigenvalue weighted by Crippen LogP contribution is 2.22. The van der Waals surface area contributed by atoms with Gasteiger partial charge in [-0.3, -0.25) is 5.10 Å². The molecule has 0 saturated heterocycles. The molecule has 0 amide bonds. The Labute approximate surface area is 105 Å². The first-order valence-electron chi connectivity index (χ1n) is 5.88. The minimum absolute atomic E-state index is 0.791. The summed E-state index contributed by atoms with van der Waals surface area (Å²) < 4.78 is 2.01. The molecule has 0 aliphatic carbocycles. The Bertz CT molecular complexity index is 680. The van der Waals surface area contributed by atoms with Gasteiger partial charge in [-0.1, -0.05) is 6.07 Å². The first-order chi connectivity index (χ1) is 8.78. The minimum Gasteiger partial charge on any atom is -0.334 e. The summed E-state index contributed by atoms with van der Waals surface area (Å²) in [7, 11) is 3.91. The monoisotopic (exact) mass is 241 g/mol. The Balaban J connectivity index is 2.02. The van der Waals surface area contributed by atoms with Crippen LogP contribution in [-0.4, -0.2) is 26.8 Å². The molecule has 2 heterocycles. The first-order valence-corrected chi connectivity index (χ1v) is 5.88. The molecule has 2 N–H and O–H groups in total. The van der Waals surface area contributed by atoms with E-state index in [1.54, 1.807) is 0 Å². The zero-order valence-corrected chi connectivity index (χ0v) is 10.4. The van der Waals surface area contributed by atoms with Gasteiger partial charge in [-0.2, -0.15) is 5.10 Å². The van der Waals surface area contributed by atoms with Gasteiger partial charge in [0, 0.05) is 24.8 Å². The molecule has 1 aromatic carbocycles. The number of fused-ring (bicyclic) bond motifs is 1. The van der Waals surface area contributed by atoms with E-state index in [1.807, 2.05) is 25.0 Å². The van der Waals surface area contributed by atoms with Crippen molar-refractivity contribution in [2.24, 2.45) is 7.05 Å². The number of hydrogen-bond acceptors (Lipinski definition) is 3. The van der Waals surface area contributed by atoms with Gasteiger partial charge in [-0.25, -0.2) is 4.98 Å². The average molecular weight is 241 g/mol. The second-order valence-corrected chi connectivity index (χ2v) is 4.37. The Hall–Kier alpha value is -2.14. The molecule has 2 aromatic heterocycles. The van der Waals surface area contributed by atoms with E-state index in [0.29, 0.717) is 0 Å². The fraction of sp³-hybridized carbons (Fsp3) is 0.231. The molecule has 5 heteroatoms. The molecule has 0 fully saturated rings. The summed E-state index contributed by atoms with van der Waals surface area (Å²) in [6.07, 6.45) is 1.82. The summed E-state index contributed by atoms with van der Waals surface area (Å²) in [5.74, 6) is 0. The van der Waals surface area contributed by atoms with Crippen LogP contribution in [0.5, 0.6) is 0 Å². The van der Waals surface area contributed by atoms with Crippen LogP contribution in [-0.2, 0) is 13.6 Å². The molecule has 0 unspecified atom stereocenters. The van der Waals surface area contributed by atoms with Gasteiger partial charge in [0.15, 0.2) is 0 Å². The number of aryl methyl sites for hydroxylation is 1. The zero-order valence-electron chi connectivity index (χ0n) is 10.4. The summed E-state index contributed by atoms with van der Waals surface area (Å²) in [6, 6.07) is 8.27. The number of imidazole rings is 1. The smallest absolute Gasteiger partial charge is 0.0955 e. The van der Waals surface area contributed by atoms with Crippen molar-refractivity contribution in [3.63, 3.8) is 0 Å². The number of rotatable bonds is 3. The molecule has 0 saturated carbocycles. The maximum Gasteiger partial charge on any atom is 0.0955 e. The van der Waals surface area contributed by atoms with E-state index in [0.717, 1.165) is 34.5 Å². The Morgan fingerprint density at radius 2 is 2.22 bits per heavy atom. The lowest BCUT2D eigenvalue weighted by atomic mass is 10.1. The normalized spacial score (nSPS) is 11.2. The molecule has 5 nitrogen and oxygen atoms in total. The second-order valence-electron chi connectivity index (χ2n) is 4.37. The molecule has 3 aromatic rings. The molecule has 92 valence electrons. The van der Waals surface area contributed by atoms with Gasteiger partial charge in [0.1, 0.15) is 0 Å². The molecule has 0 aliphatic rings. The maximum atomic E-state index is 4.36. The second kappa shape index (κ2) is 4.27. The Kier molecular flexibility index (Phi) is 2.60. The lowest BCUT2D eigenvalue weighted by molar-refractivity contribution is 0.784. The van der Waals surface area contributed by atoms with Crippen molar-refractivity contribution in [1.82, 2.24) is 25.1 Å². The maximum absolute atomic E-state index is 4.36. The third-order valence-electron chi connectivity index (χ3n) is 3.02. The predicted molar refractivity (Wildman–Crippen MR) is 71.1 cm³/mol. The Morgan fingerprint density at radius 1 is 1.33 bits per heavy atom. The van der Waals surface area contributed by atoms with Crippen LogP contribution >= 0.6 is 0 Å². The molecule has 0 radical (unpaired) electrons. The van der Waals surface area contributed by atoms with Crippen molar-refractivity contribution in [3.8, 4) is 11.3 Å². The van der Waals surface area contributed by atoms with E-state index in [9.17, 15) is 0 Å². The lowest BCUT2D eigenvalue weighted by Crippen LogP contribution is -2.04. The van der Waals surface area contributed by atoms with Crippen molar-refractivity contribution in [1.29, 1.82) is 0 Å². The molecule has 0 spiro atoms. The summed E-state index contributed by atoms with van der Waals surface area (Å²) in [6.45, 7) is 0.791. The van der Waals surface area contributed by atoms with Crippen LogP contribution in [0.3, 0.4) is 0 Å². The topological polar surface area (TPSA) is 58.5 Å². The number of nitrogens with zero attached hydrogens (tertiary/aromatic N) is 3. The number of H-pyrrole nitrogens is 1. The average Bonchev–Trinajstić information content (AvgIpc) is 2.97. The highest BCUT2D eigenvalue weighted by molar-refractivity contribution is 5.81. The van der Waals surface area contributed by atoms with Crippen molar-refractivity contribution >= 4 is 11.0 Å². The van der Waals surface area contributed by atoms with Gasteiger partial charge in [0.25, 0.3) is 0 Å². The van der Waals surface area contributed by atoms with Crippen molar-refractivity contribution < 1.29 is 0 Å². The fourth-order valence-electron chi connectivity index (χ4n) is 2.09. The van der Waals surface area contributed by atoms with Crippen LogP contribution in [0.4, 0.5) is 0 Å². The van der Waals surface area contributed by atoms with Crippen LogP contribution in [0.1, 0.15) is 5.69 Å². The van der Waals surface area contributed by atoms with Gasteiger partial charge in [-0.15, -0.1) is 0 Å². The van der Waals surface area contributed by atoms with E-state index in [2.05, 4.69) is 44.8 Å². The summed E-state index contributed by atoms with van der Waals surface area (Å²) in [4.78, 5) is 4.36. The van der Waals surface area contributed by atoms with Crippen LogP contribution < -0.4 is 5.32 Å². The van der Waals surface area contributed by atoms with E-state index in [-0.39, 0.29) is 0 Å². The minimum atomic E-state index is 0.791. The molecule has 3 rings (SSSR count). The van der Waals surface area contributed by atoms with E-state index in [1.165, 1.54) is 0 Å². The Morgan fingerprint density at radius 3 is 3.06 bits per heavy atom. The molecule has 0 atom stereocenters. The first kappa shape index (κ1) is 11.0. The van der Waals surface area contributed by atoms with Crippen molar-refractivity contribution in [3.05, 3.63) is 36.3 Å². The highest BCUT2D eigenvalue weighted by atomic mass is 15.1. The lowest BCUT2D eigenvalue weighted by Gasteiger charge is -1.97. The molecular weight excluding hydrogens is 226 g/mol. The van der Waals surface area contributed by atoms with Crippen molar-refractivity contribution in [2.75, 3.05) is 7.05 Å². The molecular formula is C13H15N5. The highest BCUT2D eigenvalue weighted by Gasteiger charge is 2.06. The van der Waals surface area contributed by atoms with Gasteiger partial charge in [0.2, 0.25) is 0 Å². The molecule has 18 heavy (non-hydrogen) atoms. The SMILES string of the molecule is CNCc1cc(-c2ccc3c(c2)ncn3C)n[nH]1. The quantitative estimate of drug-likeness (QED) is 0.733. The van der Waals surface area contributed by atoms with Crippen LogP contribution in [0, 0.1) is 0 Å². The van der Waals surface area contributed by atoms with Gasteiger partial charge in [-0.05, 0) is 25.2 Å². The molecule has 0 bridgehead atoms. The van der Waals surface area contributed by atoms with Crippen LogP contribution in [0.2, 0.25) is 0 Å². The van der Waals surface area contributed by atoms with Crippen molar-refractivity contribution in [2.45, 2.75) is 6.54 Å². The molecule has 0 aliphatic heterocycles. The number of hydrogen-bond donors (Lipinski definition) is 2. The van der Waals surface area contributed by atoms with Gasteiger partial charge >= 0.3 is 0 Å². The number of aromatic amines is 1. The third kappa shape index (κ3) is 1.78. The third-order valence-corrected chi connectivity index (χ3v) is 3.02. The van der Waals surface area contributed by atoms with E-state index < -0.39 is 0 Å².